The second-order valence-corrected chi connectivity index (χ2v) is 5.55. The maximum Gasteiger partial charge on any atom is 0.230 e. The van der Waals surface area contributed by atoms with Gasteiger partial charge in [0.25, 0.3) is 0 Å². The first kappa shape index (κ1) is 16.5. The van der Waals surface area contributed by atoms with Crippen LogP contribution in [0, 0.1) is 13.8 Å². The quantitative estimate of drug-likeness (QED) is 0.801. The van der Waals surface area contributed by atoms with Gasteiger partial charge < -0.3 is 15.3 Å². The van der Waals surface area contributed by atoms with Crippen LogP contribution in [-0.4, -0.2) is 40.7 Å². The number of rotatable bonds is 6. The highest BCUT2D eigenvalue weighted by molar-refractivity contribution is 6.18. The van der Waals surface area contributed by atoms with Crippen LogP contribution in [0.25, 0.3) is 0 Å². The monoisotopic (exact) mass is 320 g/mol. The smallest absolute Gasteiger partial charge is 0.230 e. The van der Waals surface area contributed by atoms with Crippen molar-refractivity contribution in [3.63, 3.8) is 0 Å². The number of aryl methyl sites for hydroxylation is 2. The molecule has 0 saturated heterocycles. The summed E-state index contributed by atoms with van der Waals surface area (Å²) < 4.78 is 0. The molecule has 0 fully saturated rings. The summed E-state index contributed by atoms with van der Waals surface area (Å²) in [4.78, 5) is 10.9. The normalized spacial score (nSPS) is 12.0. The molecule has 0 aliphatic rings. The third-order valence-electron chi connectivity index (χ3n) is 3.25. The minimum absolute atomic E-state index is 0.220. The van der Waals surface area contributed by atoms with Gasteiger partial charge in [-0.15, -0.1) is 11.6 Å². The zero-order valence-electron chi connectivity index (χ0n) is 13.0. The molecule has 5 nitrogen and oxygen atoms in total. The van der Waals surface area contributed by atoms with Crippen LogP contribution < -0.4 is 10.2 Å². The Morgan fingerprint density at radius 3 is 2.32 bits per heavy atom. The predicted octanol–water partition coefficient (Wildman–Crippen LogP) is 2.87. The second-order valence-electron chi connectivity index (χ2n) is 5.25. The Kier molecular flexibility index (Phi) is 5.57. The van der Waals surface area contributed by atoms with Crippen LogP contribution in [0.2, 0.25) is 0 Å². The van der Waals surface area contributed by atoms with Gasteiger partial charge in [0.05, 0.1) is 12.0 Å². The number of aromatic nitrogens is 2. The van der Waals surface area contributed by atoms with E-state index in [9.17, 15) is 5.11 Å². The summed E-state index contributed by atoms with van der Waals surface area (Å²) in [6.07, 6.45) is -0.548. The lowest BCUT2D eigenvalue weighted by molar-refractivity contribution is 0.211. The van der Waals surface area contributed by atoms with E-state index in [4.69, 9.17) is 11.6 Å². The summed E-state index contributed by atoms with van der Waals surface area (Å²) >= 11 is 5.57. The first-order chi connectivity index (χ1) is 10.5. The average molecular weight is 321 g/mol. The van der Waals surface area contributed by atoms with E-state index < -0.39 is 6.10 Å². The molecule has 0 bridgehead atoms. The Balaban J connectivity index is 2.09. The molecule has 22 heavy (non-hydrogen) atoms. The van der Waals surface area contributed by atoms with Gasteiger partial charge >= 0.3 is 0 Å². The highest BCUT2D eigenvalue weighted by Crippen LogP contribution is 2.22. The first-order valence-corrected chi connectivity index (χ1v) is 7.67. The largest absolute Gasteiger partial charge is 0.390 e. The zero-order valence-corrected chi connectivity index (χ0v) is 13.8. The highest BCUT2D eigenvalue weighted by atomic mass is 35.5. The average Bonchev–Trinajstić information content (AvgIpc) is 2.51. The van der Waals surface area contributed by atoms with Gasteiger partial charge in [0.2, 0.25) is 5.95 Å². The summed E-state index contributed by atoms with van der Waals surface area (Å²) in [5, 5.41) is 12.6. The molecule has 0 saturated carbocycles. The Morgan fingerprint density at radius 2 is 1.77 bits per heavy atom. The van der Waals surface area contributed by atoms with E-state index in [2.05, 4.69) is 15.3 Å². The third-order valence-corrected chi connectivity index (χ3v) is 3.60. The second kappa shape index (κ2) is 7.42. The molecule has 6 heteroatoms. The lowest BCUT2D eigenvalue weighted by atomic mass is 10.2. The first-order valence-electron chi connectivity index (χ1n) is 7.13. The molecular weight excluding hydrogens is 300 g/mol. The number of benzene rings is 1. The number of nitrogens with zero attached hydrogens (tertiary/aromatic N) is 3. The van der Waals surface area contributed by atoms with E-state index >= 15 is 0 Å². The van der Waals surface area contributed by atoms with Crippen molar-refractivity contribution in [2.24, 2.45) is 0 Å². The van der Waals surface area contributed by atoms with Gasteiger partial charge in [0.1, 0.15) is 0 Å². The summed E-state index contributed by atoms with van der Waals surface area (Å²) in [7, 11) is 1.94. The van der Waals surface area contributed by atoms with Crippen molar-refractivity contribution in [3.8, 4) is 0 Å². The van der Waals surface area contributed by atoms with Crippen molar-refractivity contribution in [2.45, 2.75) is 20.0 Å². The summed E-state index contributed by atoms with van der Waals surface area (Å²) in [5.41, 5.74) is 3.82. The molecule has 1 aromatic carbocycles. The SMILES string of the molecule is Cc1cc(C)nc(N(C)c2ccc(NCC(O)CCl)cc2)n1. The van der Waals surface area contributed by atoms with Crippen molar-refractivity contribution < 1.29 is 5.11 Å². The van der Waals surface area contributed by atoms with Gasteiger partial charge in [-0.3, -0.25) is 0 Å². The van der Waals surface area contributed by atoms with Crippen molar-refractivity contribution in [3.05, 3.63) is 41.7 Å². The minimum Gasteiger partial charge on any atom is -0.390 e. The number of aliphatic hydroxyl groups excluding tert-OH is 1. The summed E-state index contributed by atoms with van der Waals surface area (Å²) in [6.45, 7) is 4.35. The van der Waals surface area contributed by atoms with E-state index in [1.165, 1.54) is 0 Å². The Labute approximate surface area is 136 Å². The fraction of sp³-hybridized carbons (Fsp3) is 0.375. The van der Waals surface area contributed by atoms with Crippen molar-refractivity contribution in [1.29, 1.82) is 0 Å². The molecule has 1 aromatic heterocycles. The number of nitrogens with one attached hydrogen (secondary N) is 1. The van der Waals surface area contributed by atoms with E-state index in [1.807, 2.05) is 56.1 Å². The Bertz CT molecular complexity index is 598. The zero-order chi connectivity index (χ0) is 16.1. The van der Waals surface area contributed by atoms with Gasteiger partial charge in [-0.25, -0.2) is 9.97 Å². The lowest BCUT2D eigenvalue weighted by Gasteiger charge is -2.18. The topological polar surface area (TPSA) is 61.3 Å². The molecule has 0 amide bonds. The molecule has 0 aliphatic carbocycles. The molecule has 2 N–H and O–H groups in total. The van der Waals surface area contributed by atoms with Gasteiger partial charge in [-0.05, 0) is 44.2 Å². The van der Waals surface area contributed by atoms with Crippen LogP contribution in [0.4, 0.5) is 17.3 Å². The molecule has 0 radical (unpaired) electrons. The summed E-state index contributed by atoms with van der Waals surface area (Å²) in [5.74, 6) is 0.897. The number of aliphatic hydroxyl groups is 1. The molecule has 2 rings (SSSR count). The van der Waals surface area contributed by atoms with Crippen molar-refractivity contribution in [1.82, 2.24) is 9.97 Å². The maximum absolute atomic E-state index is 9.44. The molecule has 1 atom stereocenters. The standard InChI is InChI=1S/C16H21ClN4O/c1-11-8-12(2)20-16(19-11)21(3)14-6-4-13(5-7-14)18-10-15(22)9-17/h4-8,15,18,22H,9-10H2,1-3H3. The van der Waals surface area contributed by atoms with E-state index in [0.29, 0.717) is 12.5 Å². The number of halogens is 1. The Morgan fingerprint density at radius 1 is 1.18 bits per heavy atom. The molecule has 118 valence electrons. The van der Waals surface area contributed by atoms with Crippen LogP contribution in [-0.2, 0) is 0 Å². The fourth-order valence-corrected chi connectivity index (χ4v) is 2.18. The number of anilines is 3. The summed E-state index contributed by atoms with van der Waals surface area (Å²) in [6, 6.07) is 9.82. The van der Waals surface area contributed by atoms with E-state index in [0.717, 1.165) is 22.8 Å². The van der Waals surface area contributed by atoms with E-state index in [1.54, 1.807) is 0 Å². The van der Waals surface area contributed by atoms with Gasteiger partial charge in [-0.2, -0.15) is 0 Å². The predicted molar refractivity (Wildman–Crippen MR) is 91.2 cm³/mol. The van der Waals surface area contributed by atoms with Gasteiger partial charge in [0.15, 0.2) is 0 Å². The molecule has 1 heterocycles. The van der Waals surface area contributed by atoms with E-state index in [-0.39, 0.29) is 5.88 Å². The van der Waals surface area contributed by atoms with Gasteiger partial charge in [-0.1, -0.05) is 0 Å². The number of alkyl halides is 1. The third kappa shape index (κ3) is 4.32. The molecule has 2 aromatic rings. The highest BCUT2D eigenvalue weighted by Gasteiger charge is 2.08. The molecule has 1 unspecified atom stereocenters. The lowest BCUT2D eigenvalue weighted by Crippen LogP contribution is -2.20. The molecular formula is C16H21ClN4O. The minimum atomic E-state index is -0.548. The van der Waals surface area contributed by atoms with Crippen LogP contribution in [0.3, 0.4) is 0 Å². The Hall–Kier alpha value is -1.85. The van der Waals surface area contributed by atoms with Crippen molar-refractivity contribution in [2.75, 3.05) is 29.7 Å². The molecule has 0 spiro atoms. The van der Waals surface area contributed by atoms with Crippen LogP contribution in [0.5, 0.6) is 0 Å². The van der Waals surface area contributed by atoms with Crippen LogP contribution >= 0.6 is 11.6 Å². The fourth-order valence-electron chi connectivity index (χ4n) is 2.07. The van der Waals surface area contributed by atoms with Crippen molar-refractivity contribution >= 4 is 28.9 Å². The van der Waals surface area contributed by atoms with Crippen LogP contribution in [0.1, 0.15) is 11.4 Å². The number of hydrogen-bond donors (Lipinski definition) is 2. The molecule has 0 aliphatic heterocycles. The number of hydrogen-bond acceptors (Lipinski definition) is 5. The maximum atomic E-state index is 9.44. The van der Waals surface area contributed by atoms with Crippen LogP contribution in [0.15, 0.2) is 30.3 Å². The van der Waals surface area contributed by atoms with Gasteiger partial charge in [0, 0.05) is 36.4 Å².